The molecule has 0 amide bonds. The highest BCUT2D eigenvalue weighted by molar-refractivity contribution is 6.08. The third-order valence-corrected chi connectivity index (χ3v) is 6.22. The molecular formula is C29H33N. The van der Waals surface area contributed by atoms with Crippen LogP contribution >= 0.6 is 0 Å². The molecule has 30 heavy (non-hydrogen) atoms. The normalized spacial score (nSPS) is 11.3. The van der Waals surface area contributed by atoms with Crippen LogP contribution in [-0.2, 0) is 12.8 Å². The molecule has 0 atom stereocenters. The number of nitrogens with zero attached hydrogens (tertiary/aromatic N) is 1. The van der Waals surface area contributed by atoms with Crippen molar-refractivity contribution in [3.05, 3.63) is 90.0 Å². The SMILES string of the molecule is CN(C)c1ccc(CCCCCCCc2cc3ccccc3c3ccccc23)cc1. The highest BCUT2D eigenvalue weighted by atomic mass is 15.1. The fourth-order valence-electron chi connectivity index (χ4n) is 4.47. The minimum Gasteiger partial charge on any atom is -0.378 e. The maximum atomic E-state index is 2.41. The lowest BCUT2D eigenvalue weighted by atomic mass is 9.94. The Labute approximate surface area is 181 Å². The Morgan fingerprint density at radius 3 is 1.90 bits per heavy atom. The summed E-state index contributed by atoms with van der Waals surface area (Å²) in [6.07, 6.45) is 8.93. The molecule has 0 heterocycles. The van der Waals surface area contributed by atoms with Crippen LogP contribution in [0.3, 0.4) is 0 Å². The first-order valence-electron chi connectivity index (χ1n) is 11.4. The smallest absolute Gasteiger partial charge is 0.0361 e. The van der Waals surface area contributed by atoms with E-state index in [1.807, 2.05) is 0 Å². The van der Waals surface area contributed by atoms with E-state index in [1.165, 1.54) is 83.3 Å². The summed E-state index contributed by atoms with van der Waals surface area (Å²) in [6, 6.07) is 29.1. The van der Waals surface area contributed by atoms with E-state index in [2.05, 4.69) is 97.9 Å². The Bertz CT molecular complexity index is 1090. The maximum Gasteiger partial charge on any atom is 0.0361 e. The molecule has 0 aliphatic rings. The molecule has 0 spiro atoms. The predicted molar refractivity (Wildman–Crippen MR) is 133 cm³/mol. The van der Waals surface area contributed by atoms with Gasteiger partial charge in [-0.25, -0.2) is 0 Å². The molecule has 1 nitrogen and oxygen atoms in total. The van der Waals surface area contributed by atoms with Crippen LogP contribution in [0.25, 0.3) is 21.5 Å². The lowest BCUT2D eigenvalue weighted by Gasteiger charge is -2.12. The number of rotatable bonds is 9. The van der Waals surface area contributed by atoms with Crippen molar-refractivity contribution >= 4 is 27.2 Å². The molecule has 0 saturated carbocycles. The number of fused-ring (bicyclic) bond motifs is 3. The summed E-state index contributed by atoms with van der Waals surface area (Å²) in [5.74, 6) is 0. The number of aryl methyl sites for hydroxylation is 2. The molecule has 154 valence electrons. The van der Waals surface area contributed by atoms with Gasteiger partial charge in [-0.05, 0) is 70.5 Å². The minimum absolute atomic E-state index is 1.18. The quantitative estimate of drug-likeness (QED) is 0.206. The maximum absolute atomic E-state index is 2.41. The summed E-state index contributed by atoms with van der Waals surface area (Å²) in [5.41, 5.74) is 4.24. The molecule has 0 unspecified atom stereocenters. The van der Waals surface area contributed by atoms with Crippen LogP contribution in [0.5, 0.6) is 0 Å². The van der Waals surface area contributed by atoms with E-state index >= 15 is 0 Å². The van der Waals surface area contributed by atoms with E-state index in [-0.39, 0.29) is 0 Å². The van der Waals surface area contributed by atoms with E-state index < -0.39 is 0 Å². The largest absolute Gasteiger partial charge is 0.378 e. The second-order valence-corrected chi connectivity index (χ2v) is 8.63. The molecule has 0 saturated heterocycles. The average molecular weight is 396 g/mol. The van der Waals surface area contributed by atoms with Crippen LogP contribution in [0.15, 0.2) is 78.9 Å². The van der Waals surface area contributed by atoms with Gasteiger partial charge in [0.05, 0.1) is 0 Å². The Morgan fingerprint density at radius 2 is 1.17 bits per heavy atom. The van der Waals surface area contributed by atoms with Gasteiger partial charge in [0.15, 0.2) is 0 Å². The second kappa shape index (κ2) is 9.80. The second-order valence-electron chi connectivity index (χ2n) is 8.63. The molecule has 1 heteroatoms. The molecule has 4 aromatic carbocycles. The van der Waals surface area contributed by atoms with Crippen LogP contribution in [0.4, 0.5) is 5.69 Å². The molecular weight excluding hydrogens is 362 g/mol. The monoisotopic (exact) mass is 395 g/mol. The van der Waals surface area contributed by atoms with E-state index in [9.17, 15) is 0 Å². The van der Waals surface area contributed by atoms with Gasteiger partial charge < -0.3 is 4.90 Å². The van der Waals surface area contributed by atoms with Gasteiger partial charge in [0.1, 0.15) is 0 Å². The highest BCUT2D eigenvalue weighted by Crippen LogP contribution is 2.29. The van der Waals surface area contributed by atoms with Gasteiger partial charge in [0.2, 0.25) is 0 Å². The van der Waals surface area contributed by atoms with Gasteiger partial charge in [0.25, 0.3) is 0 Å². The van der Waals surface area contributed by atoms with Crippen molar-refractivity contribution in [3.63, 3.8) is 0 Å². The van der Waals surface area contributed by atoms with Gasteiger partial charge in [-0.3, -0.25) is 0 Å². The van der Waals surface area contributed by atoms with E-state index in [1.54, 1.807) is 0 Å². The molecule has 0 bridgehead atoms. The van der Waals surface area contributed by atoms with Crippen molar-refractivity contribution in [2.45, 2.75) is 44.9 Å². The van der Waals surface area contributed by atoms with Crippen LogP contribution < -0.4 is 4.90 Å². The standard InChI is InChI=1S/C29H33N/c1-30(2)26-20-18-23(19-21-26)12-6-4-3-5-7-13-24-22-25-14-8-9-15-27(25)29-17-11-10-16-28(24)29/h8-11,14-22H,3-7,12-13H2,1-2H3. The lowest BCUT2D eigenvalue weighted by Crippen LogP contribution is -2.08. The van der Waals surface area contributed by atoms with Crippen LogP contribution in [0.2, 0.25) is 0 Å². The lowest BCUT2D eigenvalue weighted by molar-refractivity contribution is 0.614. The molecule has 0 fully saturated rings. The fourth-order valence-corrected chi connectivity index (χ4v) is 4.47. The first-order chi connectivity index (χ1) is 14.7. The molecule has 0 aliphatic heterocycles. The van der Waals surface area contributed by atoms with Crippen LogP contribution in [-0.4, -0.2) is 14.1 Å². The summed E-state index contributed by atoms with van der Waals surface area (Å²) >= 11 is 0. The third-order valence-electron chi connectivity index (χ3n) is 6.22. The van der Waals surface area contributed by atoms with Crippen LogP contribution in [0.1, 0.15) is 43.2 Å². The van der Waals surface area contributed by atoms with Gasteiger partial charge in [-0.2, -0.15) is 0 Å². The molecule has 0 radical (unpaired) electrons. The van der Waals surface area contributed by atoms with Crippen molar-refractivity contribution < 1.29 is 0 Å². The van der Waals surface area contributed by atoms with Gasteiger partial charge >= 0.3 is 0 Å². The van der Waals surface area contributed by atoms with Gasteiger partial charge in [0, 0.05) is 19.8 Å². The summed E-state index contributed by atoms with van der Waals surface area (Å²) in [4.78, 5) is 2.16. The third kappa shape index (κ3) is 4.84. The minimum atomic E-state index is 1.18. The first kappa shape index (κ1) is 20.5. The topological polar surface area (TPSA) is 3.24 Å². The summed E-state index contributed by atoms with van der Waals surface area (Å²) in [7, 11) is 4.19. The Balaban J connectivity index is 1.26. The van der Waals surface area contributed by atoms with Crippen molar-refractivity contribution in [2.24, 2.45) is 0 Å². The molecule has 4 rings (SSSR count). The van der Waals surface area contributed by atoms with Crippen LogP contribution in [0, 0.1) is 0 Å². The molecule has 4 aromatic rings. The number of hydrogen-bond acceptors (Lipinski definition) is 1. The summed E-state index contributed by atoms with van der Waals surface area (Å²) < 4.78 is 0. The van der Waals surface area contributed by atoms with Gasteiger partial charge in [-0.1, -0.05) is 86.0 Å². The zero-order valence-corrected chi connectivity index (χ0v) is 18.4. The number of anilines is 1. The molecule has 0 aromatic heterocycles. The fraction of sp³-hybridized carbons (Fsp3) is 0.310. The Hall–Kier alpha value is -2.80. The predicted octanol–water partition coefficient (Wildman–Crippen LogP) is 7.79. The van der Waals surface area contributed by atoms with Crippen molar-refractivity contribution in [2.75, 3.05) is 19.0 Å². The molecule has 0 N–H and O–H groups in total. The molecule has 0 aliphatic carbocycles. The Kier molecular flexibility index (Phi) is 6.69. The average Bonchev–Trinajstić information content (AvgIpc) is 2.78. The van der Waals surface area contributed by atoms with Crippen molar-refractivity contribution in [3.8, 4) is 0 Å². The zero-order chi connectivity index (χ0) is 20.8. The zero-order valence-electron chi connectivity index (χ0n) is 18.4. The van der Waals surface area contributed by atoms with E-state index in [0.717, 1.165) is 0 Å². The number of unbranched alkanes of at least 4 members (excludes halogenated alkanes) is 4. The summed E-state index contributed by atoms with van der Waals surface area (Å²) in [5, 5.41) is 5.56. The highest BCUT2D eigenvalue weighted by Gasteiger charge is 2.06. The first-order valence-corrected chi connectivity index (χ1v) is 11.4. The van der Waals surface area contributed by atoms with E-state index in [4.69, 9.17) is 0 Å². The summed E-state index contributed by atoms with van der Waals surface area (Å²) in [6.45, 7) is 0. The Morgan fingerprint density at radius 1 is 0.567 bits per heavy atom. The number of hydrogen-bond donors (Lipinski definition) is 0. The number of benzene rings is 4. The van der Waals surface area contributed by atoms with Gasteiger partial charge in [-0.15, -0.1) is 0 Å². The van der Waals surface area contributed by atoms with Crippen molar-refractivity contribution in [1.29, 1.82) is 0 Å². The van der Waals surface area contributed by atoms with Crippen molar-refractivity contribution in [1.82, 2.24) is 0 Å². The van der Waals surface area contributed by atoms with E-state index in [0.29, 0.717) is 0 Å².